The van der Waals surface area contributed by atoms with Gasteiger partial charge < -0.3 is 10.2 Å². The molecule has 1 saturated heterocycles. The first-order valence-electron chi connectivity index (χ1n) is 7.66. The van der Waals surface area contributed by atoms with Crippen LogP contribution in [0.5, 0.6) is 0 Å². The first-order valence-corrected chi connectivity index (χ1v) is 7.66. The van der Waals surface area contributed by atoms with Gasteiger partial charge in [0.1, 0.15) is 6.04 Å². The van der Waals surface area contributed by atoms with E-state index >= 15 is 0 Å². The van der Waals surface area contributed by atoms with Crippen molar-refractivity contribution >= 4 is 11.8 Å². The highest BCUT2D eigenvalue weighted by Gasteiger charge is 2.32. The second-order valence-electron chi connectivity index (χ2n) is 5.63. The summed E-state index contributed by atoms with van der Waals surface area (Å²) in [6, 6.07) is 12.1. The lowest BCUT2D eigenvalue weighted by Crippen LogP contribution is -2.41. The van der Waals surface area contributed by atoms with E-state index in [1.165, 1.54) is 6.20 Å². The van der Waals surface area contributed by atoms with Crippen molar-refractivity contribution in [3.8, 4) is 6.07 Å². The highest BCUT2D eigenvalue weighted by molar-refractivity contribution is 5.97. The van der Waals surface area contributed by atoms with E-state index in [0.29, 0.717) is 30.6 Å². The number of nitriles is 1. The molecule has 1 atom stereocenters. The van der Waals surface area contributed by atoms with Crippen LogP contribution < -0.4 is 5.32 Å². The number of pyridine rings is 1. The molecule has 1 aliphatic rings. The lowest BCUT2D eigenvalue weighted by molar-refractivity contribution is -0.129. The molecule has 1 aromatic carbocycles. The van der Waals surface area contributed by atoms with Crippen molar-refractivity contribution in [1.29, 1.82) is 5.26 Å². The van der Waals surface area contributed by atoms with Gasteiger partial charge in [0, 0.05) is 25.5 Å². The number of nitrogens with zero attached hydrogens (tertiary/aromatic N) is 3. The Hall–Kier alpha value is -3.20. The molecular weight excluding hydrogens is 304 g/mol. The number of likely N-dealkylation sites (tertiary alicyclic amines) is 1. The van der Waals surface area contributed by atoms with E-state index in [9.17, 15) is 9.59 Å². The van der Waals surface area contributed by atoms with E-state index in [2.05, 4.69) is 16.4 Å². The number of aromatic nitrogens is 1. The molecule has 0 unspecified atom stereocenters. The number of nitrogens with one attached hydrogen (secondary N) is 1. The van der Waals surface area contributed by atoms with Crippen LogP contribution in [0.1, 0.15) is 27.9 Å². The Morgan fingerprint density at radius 2 is 2.25 bits per heavy atom. The summed E-state index contributed by atoms with van der Waals surface area (Å²) < 4.78 is 0. The Morgan fingerprint density at radius 3 is 3.00 bits per heavy atom. The fourth-order valence-corrected chi connectivity index (χ4v) is 2.73. The second kappa shape index (κ2) is 6.92. The lowest BCUT2D eigenvalue weighted by atomic mass is 10.1. The average molecular weight is 320 g/mol. The molecule has 0 bridgehead atoms. The summed E-state index contributed by atoms with van der Waals surface area (Å²) in [5.74, 6) is -0.399. The van der Waals surface area contributed by atoms with Gasteiger partial charge in [-0.1, -0.05) is 12.1 Å². The molecule has 1 aromatic heterocycles. The quantitative estimate of drug-likeness (QED) is 0.924. The third kappa shape index (κ3) is 3.41. The van der Waals surface area contributed by atoms with Crippen molar-refractivity contribution in [1.82, 2.24) is 15.2 Å². The van der Waals surface area contributed by atoms with Gasteiger partial charge in [0.25, 0.3) is 5.91 Å². The number of carbonyl (C=O) groups is 2. The first-order chi connectivity index (χ1) is 11.7. The first kappa shape index (κ1) is 15.7. The van der Waals surface area contributed by atoms with Crippen LogP contribution in [0.3, 0.4) is 0 Å². The van der Waals surface area contributed by atoms with Crippen LogP contribution in [0.15, 0.2) is 48.8 Å². The fourth-order valence-electron chi connectivity index (χ4n) is 2.73. The third-order valence-corrected chi connectivity index (χ3v) is 3.96. The van der Waals surface area contributed by atoms with Gasteiger partial charge in [0.05, 0.1) is 17.2 Å². The fraction of sp³-hybridized carbons (Fsp3) is 0.222. The van der Waals surface area contributed by atoms with E-state index in [1.807, 2.05) is 6.07 Å². The molecule has 2 aromatic rings. The van der Waals surface area contributed by atoms with Crippen LogP contribution >= 0.6 is 0 Å². The van der Waals surface area contributed by atoms with Gasteiger partial charge in [-0.25, -0.2) is 0 Å². The van der Waals surface area contributed by atoms with Crippen molar-refractivity contribution < 1.29 is 9.59 Å². The van der Waals surface area contributed by atoms with Crippen molar-refractivity contribution in [2.24, 2.45) is 0 Å². The molecular formula is C18H16N4O2. The molecule has 2 amide bonds. The summed E-state index contributed by atoms with van der Waals surface area (Å²) in [6.45, 7) is 1.02. The highest BCUT2D eigenvalue weighted by Crippen LogP contribution is 2.16. The summed E-state index contributed by atoms with van der Waals surface area (Å²) in [4.78, 5) is 30.2. The predicted octanol–water partition coefficient (Wildman–Crippen LogP) is 1.48. The van der Waals surface area contributed by atoms with Crippen molar-refractivity contribution in [2.45, 2.75) is 19.0 Å². The number of hydrogen-bond acceptors (Lipinski definition) is 4. The minimum Gasteiger partial charge on any atom is -0.340 e. The summed E-state index contributed by atoms with van der Waals surface area (Å²) >= 11 is 0. The van der Waals surface area contributed by atoms with Crippen LogP contribution in [0.25, 0.3) is 0 Å². The molecule has 1 aliphatic heterocycles. The van der Waals surface area contributed by atoms with Crippen LogP contribution in [0.4, 0.5) is 0 Å². The van der Waals surface area contributed by atoms with Crippen LogP contribution in [0.2, 0.25) is 0 Å². The summed E-state index contributed by atoms with van der Waals surface area (Å²) in [7, 11) is 0. The van der Waals surface area contributed by atoms with Gasteiger partial charge in [-0.15, -0.1) is 0 Å². The molecule has 0 radical (unpaired) electrons. The minimum atomic E-state index is -0.517. The van der Waals surface area contributed by atoms with Crippen LogP contribution in [0, 0.1) is 11.3 Å². The molecule has 120 valence electrons. The average Bonchev–Trinajstić information content (AvgIpc) is 2.96. The number of rotatable bonds is 4. The van der Waals surface area contributed by atoms with Gasteiger partial charge in [-0.2, -0.15) is 5.26 Å². The Labute approximate surface area is 139 Å². The minimum absolute atomic E-state index is 0.102. The summed E-state index contributed by atoms with van der Waals surface area (Å²) in [5.41, 5.74) is 1.91. The Morgan fingerprint density at radius 1 is 1.38 bits per heavy atom. The molecule has 0 spiro atoms. The number of amides is 2. The van der Waals surface area contributed by atoms with Crippen molar-refractivity contribution in [2.75, 3.05) is 6.54 Å². The zero-order valence-electron chi connectivity index (χ0n) is 13.0. The Balaban J connectivity index is 1.63. The van der Waals surface area contributed by atoms with E-state index in [1.54, 1.807) is 41.4 Å². The van der Waals surface area contributed by atoms with E-state index in [-0.39, 0.29) is 11.8 Å². The summed E-state index contributed by atoms with van der Waals surface area (Å²) in [5, 5.41) is 11.7. The molecule has 24 heavy (non-hydrogen) atoms. The standard InChI is InChI=1S/C18H16N4O2/c19-10-13-3-1-4-14(9-13)12-22-8-6-16(18(22)24)21-17(23)15-5-2-7-20-11-15/h1-5,7,9,11,16H,6,8,12H2,(H,21,23)/t16-/m0/s1. The molecule has 1 fully saturated rings. The van der Waals surface area contributed by atoms with Gasteiger partial charge in [-0.05, 0) is 36.2 Å². The number of benzene rings is 1. The molecule has 0 aliphatic carbocycles. The Bertz CT molecular complexity index is 798. The normalized spacial score (nSPS) is 16.7. The van der Waals surface area contributed by atoms with Crippen LogP contribution in [-0.4, -0.2) is 34.3 Å². The largest absolute Gasteiger partial charge is 0.340 e. The SMILES string of the molecule is N#Cc1cccc(CN2CC[C@H](NC(=O)c3cccnc3)C2=O)c1. The van der Waals surface area contributed by atoms with Crippen molar-refractivity contribution in [3.05, 3.63) is 65.5 Å². The van der Waals surface area contributed by atoms with Gasteiger partial charge in [-0.3, -0.25) is 14.6 Å². The number of carbonyl (C=O) groups excluding carboxylic acids is 2. The molecule has 6 nitrogen and oxygen atoms in total. The smallest absolute Gasteiger partial charge is 0.253 e. The molecule has 1 N–H and O–H groups in total. The van der Waals surface area contributed by atoms with Gasteiger partial charge in [0.15, 0.2) is 0 Å². The monoisotopic (exact) mass is 320 g/mol. The zero-order valence-corrected chi connectivity index (χ0v) is 13.0. The highest BCUT2D eigenvalue weighted by atomic mass is 16.2. The third-order valence-electron chi connectivity index (χ3n) is 3.96. The maximum Gasteiger partial charge on any atom is 0.253 e. The molecule has 2 heterocycles. The van der Waals surface area contributed by atoms with Crippen molar-refractivity contribution in [3.63, 3.8) is 0 Å². The Kier molecular flexibility index (Phi) is 4.52. The maximum atomic E-state index is 12.5. The lowest BCUT2D eigenvalue weighted by Gasteiger charge is -2.17. The van der Waals surface area contributed by atoms with E-state index in [4.69, 9.17) is 5.26 Å². The topological polar surface area (TPSA) is 86.1 Å². The maximum absolute atomic E-state index is 12.5. The van der Waals surface area contributed by atoms with E-state index < -0.39 is 6.04 Å². The predicted molar refractivity (Wildman–Crippen MR) is 86.7 cm³/mol. The zero-order chi connectivity index (χ0) is 16.9. The van der Waals surface area contributed by atoms with Gasteiger partial charge in [0.2, 0.25) is 5.91 Å². The molecule has 6 heteroatoms. The van der Waals surface area contributed by atoms with E-state index in [0.717, 1.165) is 5.56 Å². The summed E-state index contributed by atoms with van der Waals surface area (Å²) in [6.07, 6.45) is 3.64. The van der Waals surface area contributed by atoms with Gasteiger partial charge >= 0.3 is 0 Å². The molecule has 3 rings (SSSR count). The molecule has 0 saturated carbocycles. The van der Waals surface area contributed by atoms with Crippen LogP contribution in [-0.2, 0) is 11.3 Å². The second-order valence-corrected chi connectivity index (χ2v) is 5.63. The number of hydrogen-bond donors (Lipinski definition) is 1.